The van der Waals surface area contributed by atoms with E-state index in [1.54, 1.807) is 12.1 Å². The molecule has 0 saturated carbocycles. The second kappa shape index (κ2) is 8.07. The van der Waals surface area contributed by atoms with Gasteiger partial charge in [0.05, 0.1) is 15.7 Å². The fourth-order valence-electron chi connectivity index (χ4n) is 3.22. The Kier molecular flexibility index (Phi) is 5.53. The van der Waals surface area contributed by atoms with Crippen LogP contribution in [0.5, 0.6) is 0 Å². The highest BCUT2D eigenvalue weighted by molar-refractivity contribution is 6.41. The van der Waals surface area contributed by atoms with Gasteiger partial charge in [-0.15, -0.1) is 0 Å². The van der Waals surface area contributed by atoms with Crippen LogP contribution in [0.1, 0.15) is 12.8 Å². The summed E-state index contributed by atoms with van der Waals surface area (Å²) in [6, 6.07) is 11.4. The maximum atomic E-state index is 12.5. The third-order valence-corrected chi connectivity index (χ3v) is 5.55. The number of hydrazine groups is 1. The summed E-state index contributed by atoms with van der Waals surface area (Å²) in [5, 5.41) is 1.10. The average molecular weight is 440 g/mol. The molecule has 1 fully saturated rings. The molecule has 1 aliphatic heterocycles. The number of nitrogens with one attached hydrogen (secondary N) is 2. The molecule has 3 aromatic rings. The number of anilines is 2. The topological polar surface area (TPSA) is 70.4 Å². The number of hydrogen-bond acceptors (Lipinski definition) is 5. The van der Waals surface area contributed by atoms with Crippen LogP contribution in [0.15, 0.2) is 40.8 Å². The van der Waals surface area contributed by atoms with Gasteiger partial charge >= 0.3 is 0 Å². The normalized spacial score (nSPS) is 15.0. The Morgan fingerprint density at radius 1 is 1.11 bits per heavy atom. The molecule has 4 rings (SSSR count). The van der Waals surface area contributed by atoms with E-state index >= 15 is 0 Å². The fourth-order valence-corrected chi connectivity index (χ4v) is 4.13. The lowest BCUT2D eigenvalue weighted by molar-refractivity contribution is -0.125. The summed E-state index contributed by atoms with van der Waals surface area (Å²) >= 11 is 18.1. The van der Waals surface area contributed by atoms with Gasteiger partial charge in [-0.3, -0.25) is 15.6 Å². The van der Waals surface area contributed by atoms with Gasteiger partial charge in [-0.1, -0.05) is 46.9 Å². The van der Waals surface area contributed by atoms with Crippen molar-refractivity contribution >= 4 is 63.5 Å². The van der Waals surface area contributed by atoms with Gasteiger partial charge in [-0.25, -0.2) is 0 Å². The summed E-state index contributed by atoms with van der Waals surface area (Å²) in [4.78, 5) is 19.1. The summed E-state index contributed by atoms with van der Waals surface area (Å²) < 4.78 is 5.81. The highest BCUT2D eigenvalue weighted by Crippen LogP contribution is 2.33. The van der Waals surface area contributed by atoms with Crippen molar-refractivity contribution in [3.05, 3.63) is 51.5 Å². The van der Waals surface area contributed by atoms with Gasteiger partial charge in [0, 0.05) is 24.0 Å². The second-order valence-corrected chi connectivity index (χ2v) is 7.84. The van der Waals surface area contributed by atoms with Crippen molar-refractivity contribution in [2.24, 2.45) is 5.92 Å². The number of carbonyl (C=O) groups excluding carboxylic acids is 1. The number of halogens is 3. The monoisotopic (exact) mass is 438 g/mol. The molecule has 1 amide bonds. The van der Waals surface area contributed by atoms with Crippen LogP contribution in [0, 0.1) is 5.92 Å². The molecule has 0 aliphatic carbocycles. The molecule has 2 heterocycles. The first-order valence-electron chi connectivity index (χ1n) is 8.82. The number of benzene rings is 2. The summed E-state index contributed by atoms with van der Waals surface area (Å²) in [5.41, 5.74) is 7.50. The minimum atomic E-state index is -0.127. The quantitative estimate of drug-likeness (QED) is 0.550. The maximum absolute atomic E-state index is 12.5. The minimum absolute atomic E-state index is 0.112. The van der Waals surface area contributed by atoms with Gasteiger partial charge in [0.15, 0.2) is 5.58 Å². The number of fused-ring (bicyclic) bond motifs is 1. The van der Waals surface area contributed by atoms with E-state index in [0.29, 0.717) is 52.7 Å². The number of nitrogens with zero attached hydrogens (tertiary/aromatic N) is 2. The molecular formula is C19H17Cl3N4O2. The van der Waals surface area contributed by atoms with Crippen molar-refractivity contribution in [3.8, 4) is 0 Å². The first-order chi connectivity index (χ1) is 13.5. The Bertz CT molecular complexity index is 959. The van der Waals surface area contributed by atoms with Crippen LogP contribution < -0.4 is 15.8 Å². The first-order valence-corrected chi connectivity index (χ1v) is 9.95. The Hall–Kier alpha value is -2.15. The van der Waals surface area contributed by atoms with E-state index in [4.69, 9.17) is 39.2 Å². The van der Waals surface area contributed by atoms with Gasteiger partial charge in [0.1, 0.15) is 5.52 Å². The van der Waals surface area contributed by atoms with Gasteiger partial charge in [0.25, 0.3) is 6.01 Å². The van der Waals surface area contributed by atoms with Crippen molar-refractivity contribution in [3.63, 3.8) is 0 Å². The molecule has 0 unspecified atom stereocenters. The predicted molar refractivity (Wildman–Crippen MR) is 112 cm³/mol. The van der Waals surface area contributed by atoms with Crippen molar-refractivity contribution in [1.82, 2.24) is 10.4 Å². The first kappa shape index (κ1) is 19.2. The highest BCUT2D eigenvalue weighted by atomic mass is 35.5. The number of hydrogen-bond donors (Lipinski definition) is 2. The van der Waals surface area contributed by atoms with Crippen LogP contribution >= 0.6 is 34.8 Å². The molecule has 146 valence electrons. The van der Waals surface area contributed by atoms with Crippen molar-refractivity contribution < 1.29 is 9.21 Å². The Morgan fingerprint density at radius 3 is 2.46 bits per heavy atom. The van der Waals surface area contributed by atoms with Crippen molar-refractivity contribution in [2.75, 3.05) is 23.4 Å². The van der Waals surface area contributed by atoms with E-state index in [1.807, 2.05) is 24.3 Å². The molecule has 0 atom stereocenters. The fraction of sp³-hybridized carbons (Fsp3) is 0.263. The number of para-hydroxylation sites is 2. The van der Waals surface area contributed by atoms with E-state index in [-0.39, 0.29) is 11.8 Å². The Morgan fingerprint density at radius 2 is 1.79 bits per heavy atom. The molecule has 2 N–H and O–H groups in total. The average Bonchev–Trinajstić information content (AvgIpc) is 3.11. The maximum Gasteiger partial charge on any atom is 0.298 e. The van der Waals surface area contributed by atoms with Gasteiger partial charge < -0.3 is 9.32 Å². The molecule has 1 aliphatic rings. The number of oxazole rings is 1. The molecule has 6 nitrogen and oxygen atoms in total. The van der Waals surface area contributed by atoms with Crippen LogP contribution in [0.4, 0.5) is 11.7 Å². The van der Waals surface area contributed by atoms with E-state index in [2.05, 4.69) is 20.7 Å². The third-order valence-electron chi connectivity index (χ3n) is 4.74. The minimum Gasteiger partial charge on any atom is -0.423 e. The summed E-state index contributed by atoms with van der Waals surface area (Å²) in [7, 11) is 0. The number of rotatable bonds is 4. The summed E-state index contributed by atoms with van der Waals surface area (Å²) in [6.07, 6.45) is 1.38. The second-order valence-electron chi connectivity index (χ2n) is 6.58. The predicted octanol–water partition coefficient (Wildman–Crippen LogP) is 5.15. The van der Waals surface area contributed by atoms with Crippen molar-refractivity contribution in [2.45, 2.75) is 12.8 Å². The molecule has 1 saturated heterocycles. The zero-order valence-corrected chi connectivity index (χ0v) is 17.0. The zero-order chi connectivity index (χ0) is 19.7. The lowest BCUT2D eigenvalue weighted by Crippen LogP contribution is -2.42. The van der Waals surface area contributed by atoms with Gasteiger partial charge in [-0.05, 0) is 37.1 Å². The number of aromatic nitrogens is 1. The summed E-state index contributed by atoms with van der Waals surface area (Å²) in [5.74, 6) is -0.239. The molecule has 0 spiro atoms. The molecule has 9 heteroatoms. The molecule has 2 aromatic carbocycles. The largest absolute Gasteiger partial charge is 0.423 e. The summed E-state index contributed by atoms with van der Waals surface area (Å²) in [6.45, 7) is 1.38. The molecule has 1 aromatic heterocycles. The third kappa shape index (κ3) is 3.99. The lowest BCUT2D eigenvalue weighted by atomic mass is 9.96. The van der Waals surface area contributed by atoms with Gasteiger partial charge in [-0.2, -0.15) is 4.98 Å². The SMILES string of the molecule is O=C(NNc1c(Cl)cc(Cl)cc1Cl)C1CCN(c2nc3ccccc3o2)CC1. The number of piperidine rings is 1. The molecule has 28 heavy (non-hydrogen) atoms. The van der Waals surface area contributed by atoms with Crippen LogP contribution in [0.2, 0.25) is 15.1 Å². The standard InChI is InChI=1S/C19H17Cl3N4O2/c20-12-9-13(21)17(14(22)10-12)24-25-18(27)11-5-7-26(8-6-11)19-23-15-3-1-2-4-16(15)28-19/h1-4,9-11,24H,5-8H2,(H,25,27). The van der Waals surface area contributed by atoms with E-state index in [0.717, 1.165) is 11.1 Å². The molecule has 0 radical (unpaired) electrons. The smallest absolute Gasteiger partial charge is 0.298 e. The van der Waals surface area contributed by atoms with Crippen LogP contribution in [0.3, 0.4) is 0 Å². The van der Waals surface area contributed by atoms with Crippen molar-refractivity contribution in [1.29, 1.82) is 0 Å². The van der Waals surface area contributed by atoms with Crippen LogP contribution in [0.25, 0.3) is 11.1 Å². The highest BCUT2D eigenvalue weighted by Gasteiger charge is 2.27. The van der Waals surface area contributed by atoms with Crippen LogP contribution in [-0.4, -0.2) is 24.0 Å². The number of amides is 1. The van der Waals surface area contributed by atoms with Gasteiger partial charge in [0.2, 0.25) is 5.91 Å². The Balaban J connectivity index is 1.34. The van der Waals surface area contributed by atoms with E-state index in [1.165, 1.54) is 0 Å². The van der Waals surface area contributed by atoms with E-state index in [9.17, 15) is 4.79 Å². The van der Waals surface area contributed by atoms with Crippen LogP contribution in [-0.2, 0) is 4.79 Å². The zero-order valence-electron chi connectivity index (χ0n) is 14.7. The lowest BCUT2D eigenvalue weighted by Gasteiger charge is -2.30. The molecule has 0 bridgehead atoms. The molecular weight excluding hydrogens is 423 g/mol. The van der Waals surface area contributed by atoms with E-state index < -0.39 is 0 Å². The number of carbonyl (C=O) groups is 1. The Labute approximate surface area is 176 Å².